The second-order valence-corrected chi connectivity index (χ2v) is 3.16. The Bertz CT molecular complexity index is 275. The molecule has 0 amide bonds. The summed E-state index contributed by atoms with van der Waals surface area (Å²) in [6.07, 6.45) is 1.75. The molecule has 11 heavy (non-hydrogen) atoms. The van der Waals surface area contributed by atoms with Crippen LogP contribution in [0.3, 0.4) is 0 Å². The molecule has 0 unspecified atom stereocenters. The first-order valence-corrected chi connectivity index (χ1v) is 4.44. The van der Waals surface area contributed by atoms with Crippen molar-refractivity contribution in [1.29, 1.82) is 0 Å². The molecule has 0 aliphatic carbocycles. The fraction of sp³-hybridized carbons (Fsp3) is 0.143. The monoisotopic (exact) mass is 194 g/mol. The highest BCUT2D eigenvalue weighted by Crippen LogP contribution is 2.27. The van der Waals surface area contributed by atoms with E-state index in [1.54, 1.807) is 6.26 Å². The SMILES string of the molecule is CSc1cc(F)c(F)cc1Cl. The molecule has 0 heterocycles. The number of rotatable bonds is 1. The highest BCUT2D eigenvalue weighted by Gasteiger charge is 2.06. The van der Waals surface area contributed by atoms with Gasteiger partial charge in [-0.2, -0.15) is 0 Å². The van der Waals surface area contributed by atoms with Crippen LogP contribution in [0.1, 0.15) is 0 Å². The molecule has 0 N–H and O–H groups in total. The fourth-order valence-corrected chi connectivity index (χ4v) is 1.52. The molecule has 0 saturated carbocycles. The number of thioether (sulfide) groups is 1. The third-order valence-corrected chi connectivity index (χ3v) is 2.40. The van der Waals surface area contributed by atoms with E-state index in [0.717, 1.165) is 12.1 Å². The van der Waals surface area contributed by atoms with Crippen LogP contribution in [-0.4, -0.2) is 6.26 Å². The standard InChI is InChI=1S/C7H5ClF2S/c1-11-7-3-6(10)5(9)2-4(7)8/h2-3H,1H3. The quantitative estimate of drug-likeness (QED) is 0.488. The third-order valence-electron chi connectivity index (χ3n) is 1.19. The summed E-state index contributed by atoms with van der Waals surface area (Å²) in [6.45, 7) is 0. The van der Waals surface area contributed by atoms with E-state index in [1.807, 2.05) is 0 Å². The van der Waals surface area contributed by atoms with Crippen molar-refractivity contribution in [3.8, 4) is 0 Å². The van der Waals surface area contributed by atoms with E-state index in [0.29, 0.717) is 4.90 Å². The van der Waals surface area contributed by atoms with Gasteiger partial charge in [0.1, 0.15) is 0 Å². The van der Waals surface area contributed by atoms with Gasteiger partial charge < -0.3 is 0 Å². The highest BCUT2D eigenvalue weighted by atomic mass is 35.5. The molecule has 60 valence electrons. The Morgan fingerprint density at radius 2 is 1.82 bits per heavy atom. The Morgan fingerprint density at radius 3 is 2.36 bits per heavy atom. The maximum atomic E-state index is 12.5. The lowest BCUT2D eigenvalue weighted by molar-refractivity contribution is 0.506. The lowest BCUT2D eigenvalue weighted by atomic mass is 10.3. The summed E-state index contributed by atoms with van der Waals surface area (Å²) >= 11 is 6.85. The van der Waals surface area contributed by atoms with E-state index in [2.05, 4.69) is 0 Å². The maximum absolute atomic E-state index is 12.5. The van der Waals surface area contributed by atoms with Crippen LogP contribution < -0.4 is 0 Å². The second kappa shape index (κ2) is 3.41. The normalized spacial score (nSPS) is 10.2. The zero-order valence-electron chi connectivity index (χ0n) is 5.70. The van der Waals surface area contributed by atoms with Gasteiger partial charge in [0.05, 0.1) is 5.02 Å². The van der Waals surface area contributed by atoms with Gasteiger partial charge in [0.2, 0.25) is 0 Å². The van der Waals surface area contributed by atoms with E-state index in [4.69, 9.17) is 11.6 Å². The highest BCUT2D eigenvalue weighted by molar-refractivity contribution is 7.98. The molecule has 0 aromatic heterocycles. The van der Waals surface area contributed by atoms with Crippen LogP contribution in [0, 0.1) is 11.6 Å². The zero-order chi connectivity index (χ0) is 8.43. The Balaban J connectivity index is 3.21. The molecule has 0 nitrogen and oxygen atoms in total. The van der Waals surface area contributed by atoms with Crippen molar-refractivity contribution in [2.45, 2.75) is 4.90 Å². The summed E-state index contributed by atoms with van der Waals surface area (Å²) in [5, 5.41) is 0.247. The first kappa shape index (κ1) is 8.81. The summed E-state index contributed by atoms with van der Waals surface area (Å²) in [6, 6.07) is 2.06. The molecule has 4 heteroatoms. The van der Waals surface area contributed by atoms with Gasteiger partial charge in [0.15, 0.2) is 11.6 Å². The number of hydrogen-bond donors (Lipinski definition) is 0. The molecule has 0 spiro atoms. The molecule has 0 fully saturated rings. The molecular weight excluding hydrogens is 190 g/mol. The van der Waals surface area contributed by atoms with Crippen LogP contribution >= 0.6 is 23.4 Å². The van der Waals surface area contributed by atoms with Crippen molar-refractivity contribution in [2.75, 3.05) is 6.26 Å². The van der Waals surface area contributed by atoms with Crippen molar-refractivity contribution in [3.05, 3.63) is 28.8 Å². The summed E-state index contributed by atoms with van der Waals surface area (Å²) in [5.41, 5.74) is 0. The van der Waals surface area contributed by atoms with Gasteiger partial charge in [-0.3, -0.25) is 0 Å². The first-order chi connectivity index (χ1) is 5.15. The number of hydrogen-bond acceptors (Lipinski definition) is 1. The van der Waals surface area contributed by atoms with Gasteiger partial charge in [-0.05, 0) is 18.4 Å². The lowest BCUT2D eigenvalue weighted by Crippen LogP contribution is -1.84. The minimum atomic E-state index is -0.909. The molecule has 0 aliphatic rings. The van der Waals surface area contributed by atoms with E-state index in [1.165, 1.54) is 11.8 Å². The van der Waals surface area contributed by atoms with E-state index < -0.39 is 11.6 Å². The number of benzene rings is 1. The van der Waals surface area contributed by atoms with Gasteiger partial charge in [-0.15, -0.1) is 11.8 Å². The Kier molecular flexibility index (Phi) is 2.73. The van der Waals surface area contributed by atoms with E-state index in [9.17, 15) is 8.78 Å². The minimum Gasteiger partial charge on any atom is -0.204 e. The molecule has 0 bridgehead atoms. The molecule has 0 radical (unpaired) electrons. The van der Waals surface area contributed by atoms with Crippen LogP contribution in [0.4, 0.5) is 8.78 Å². The smallest absolute Gasteiger partial charge is 0.160 e. The van der Waals surface area contributed by atoms with Crippen molar-refractivity contribution in [1.82, 2.24) is 0 Å². The van der Waals surface area contributed by atoms with Crippen molar-refractivity contribution < 1.29 is 8.78 Å². The molecule has 0 aliphatic heterocycles. The van der Waals surface area contributed by atoms with Gasteiger partial charge in [0, 0.05) is 4.90 Å². The predicted molar refractivity (Wildman–Crippen MR) is 43.1 cm³/mol. The molecule has 0 atom stereocenters. The Morgan fingerprint density at radius 1 is 1.27 bits per heavy atom. The summed E-state index contributed by atoms with van der Waals surface area (Å²) in [5.74, 6) is -1.77. The van der Waals surface area contributed by atoms with Gasteiger partial charge in [-0.25, -0.2) is 8.78 Å². The van der Waals surface area contributed by atoms with Gasteiger partial charge >= 0.3 is 0 Å². The van der Waals surface area contributed by atoms with Crippen LogP contribution in [-0.2, 0) is 0 Å². The van der Waals surface area contributed by atoms with E-state index in [-0.39, 0.29) is 5.02 Å². The average Bonchev–Trinajstić information content (AvgIpc) is 1.97. The molecule has 0 saturated heterocycles. The maximum Gasteiger partial charge on any atom is 0.160 e. The molecule has 1 aromatic rings. The molecular formula is C7H5ClF2S. The van der Waals surface area contributed by atoms with Crippen molar-refractivity contribution >= 4 is 23.4 Å². The van der Waals surface area contributed by atoms with Crippen LogP contribution in [0.2, 0.25) is 5.02 Å². The first-order valence-electron chi connectivity index (χ1n) is 2.83. The summed E-state index contributed by atoms with van der Waals surface area (Å²) in [4.78, 5) is 0.547. The molecule has 1 rings (SSSR count). The lowest BCUT2D eigenvalue weighted by Gasteiger charge is -1.99. The Labute approximate surface area is 72.6 Å². The predicted octanol–water partition coefficient (Wildman–Crippen LogP) is 3.34. The number of halogens is 3. The van der Waals surface area contributed by atoms with E-state index >= 15 is 0 Å². The van der Waals surface area contributed by atoms with Gasteiger partial charge in [0.25, 0.3) is 0 Å². The topological polar surface area (TPSA) is 0 Å². The third kappa shape index (κ3) is 1.84. The van der Waals surface area contributed by atoms with Crippen LogP contribution in [0.25, 0.3) is 0 Å². The molecule has 1 aromatic carbocycles. The fourth-order valence-electron chi connectivity index (χ4n) is 0.661. The second-order valence-electron chi connectivity index (χ2n) is 1.90. The van der Waals surface area contributed by atoms with Crippen LogP contribution in [0.15, 0.2) is 17.0 Å². The summed E-state index contributed by atoms with van der Waals surface area (Å²) in [7, 11) is 0. The van der Waals surface area contributed by atoms with Gasteiger partial charge in [-0.1, -0.05) is 11.6 Å². The average molecular weight is 195 g/mol. The summed E-state index contributed by atoms with van der Waals surface area (Å²) < 4.78 is 24.9. The van der Waals surface area contributed by atoms with Crippen molar-refractivity contribution in [2.24, 2.45) is 0 Å². The van der Waals surface area contributed by atoms with Crippen LogP contribution in [0.5, 0.6) is 0 Å². The van der Waals surface area contributed by atoms with Crippen molar-refractivity contribution in [3.63, 3.8) is 0 Å². The Hall–Kier alpha value is -0.280. The minimum absolute atomic E-state index is 0.247. The zero-order valence-corrected chi connectivity index (χ0v) is 7.27. The largest absolute Gasteiger partial charge is 0.204 e.